The van der Waals surface area contributed by atoms with Crippen LogP contribution in [0.1, 0.15) is 11.3 Å². The Kier molecular flexibility index (Phi) is 2.26. The predicted molar refractivity (Wildman–Crippen MR) is 48.6 cm³/mol. The van der Waals surface area contributed by atoms with Crippen molar-refractivity contribution in [3.63, 3.8) is 0 Å². The fraction of sp³-hybridized carbons (Fsp3) is 0.222. The normalized spacial score (nSPS) is 9.27. The highest BCUT2D eigenvalue weighted by Gasteiger charge is 1.95. The van der Waals surface area contributed by atoms with Gasteiger partial charge in [0, 0.05) is 12.7 Å². The molecule has 0 aromatic carbocycles. The van der Waals surface area contributed by atoms with Crippen LogP contribution in [0.3, 0.4) is 0 Å². The van der Waals surface area contributed by atoms with Crippen LogP contribution in [-0.2, 0) is 0 Å². The summed E-state index contributed by atoms with van der Waals surface area (Å²) in [6.45, 7) is 5.66. The van der Waals surface area contributed by atoms with Crippen molar-refractivity contribution in [2.24, 2.45) is 0 Å². The lowest BCUT2D eigenvalue weighted by Gasteiger charge is -2.02. The number of pyridine rings is 1. The van der Waals surface area contributed by atoms with E-state index >= 15 is 0 Å². The number of aromatic nitrogens is 1. The van der Waals surface area contributed by atoms with E-state index in [0.29, 0.717) is 0 Å². The second-order valence-corrected chi connectivity index (χ2v) is 2.33. The first-order valence-corrected chi connectivity index (χ1v) is 3.55. The SMILES string of the molecule is C=Cc1ccc(NC)nc1C. The molecule has 1 rings (SSSR count). The number of rotatable bonds is 2. The van der Waals surface area contributed by atoms with Crippen LogP contribution in [0.4, 0.5) is 5.82 Å². The van der Waals surface area contributed by atoms with Crippen molar-refractivity contribution in [1.29, 1.82) is 0 Å². The van der Waals surface area contributed by atoms with Gasteiger partial charge in [-0.15, -0.1) is 0 Å². The van der Waals surface area contributed by atoms with Gasteiger partial charge in [0.1, 0.15) is 5.82 Å². The van der Waals surface area contributed by atoms with Gasteiger partial charge in [-0.1, -0.05) is 12.7 Å². The number of anilines is 1. The van der Waals surface area contributed by atoms with Crippen LogP contribution >= 0.6 is 0 Å². The molecule has 0 spiro atoms. The molecule has 2 heteroatoms. The molecule has 11 heavy (non-hydrogen) atoms. The zero-order chi connectivity index (χ0) is 8.27. The summed E-state index contributed by atoms with van der Waals surface area (Å²) in [5.41, 5.74) is 2.09. The fourth-order valence-corrected chi connectivity index (χ4v) is 0.927. The average molecular weight is 148 g/mol. The molecule has 2 nitrogen and oxygen atoms in total. The van der Waals surface area contributed by atoms with Crippen LogP contribution in [0.25, 0.3) is 6.08 Å². The van der Waals surface area contributed by atoms with Crippen molar-refractivity contribution in [3.8, 4) is 0 Å². The van der Waals surface area contributed by atoms with E-state index in [-0.39, 0.29) is 0 Å². The molecule has 0 amide bonds. The van der Waals surface area contributed by atoms with Crippen LogP contribution in [0.15, 0.2) is 18.7 Å². The summed E-state index contributed by atoms with van der Waals surface area (Å²) in [6.07, 6.45) is 1.81. The van der Waals surface area contributed by atoms with Gasteiger partial charge in [-0.3, -0.25) is 0 Å². The topological polar surface area (TPSA) is 24.9 Å². The lowest BCUT2D eigenvalue weighted by atomic mass is 10.2. The van der Waals surface area contributed by atoms with Crippen molar-refractivity contribution in [2.75, 3.05) is 12.4 Å². The smallest absolute Gasteiger partial charge is 0.125 e. The van der Waals surface area contributed by atoms with Crippen LogP contribution in [0.5, 0.6) is 0 Å². The second kappa shape index (κ2) is 3.19. The molecule has 0 aliphatic rings. The Balaban J connectivity index is 3.09. The molecule has 1 N–H and O–H groups in total. The quantitative estimate of drug-likeness (QED) is 0.694. The number of nitrogens with one attached hydrogen (secondary N) is 1. The Hall–Kier alpha value is -1.31. The lowest BCUT2D eigenvalue weighted by molar-refractivity contribution is 1.18. The first kappa shape index (κ1) is 7.79. The summed E-state index contributed by atoms with van der Waals surface area (Å²) >= 11 is 0. The molecule has 1 aromatic rings. The molecular weight excluding hydrogens is 136 g/mol. The summed E-state index contributed by atoms with van der Waals surface area (Å²) in [7, 11) is 1.86. The van der Waals surface area contributed by atoms with E-state index in [4.69, 9.17) is 0 Å². The van der Waals surface area contributed by atoms with Gasteiger partial charge in [0.2, 0.25) is 0 Å². The first-order chi connectivity index (χ1) is 5.27. The minimum Gasteiger partial charge on any atom is -0.373 e. The molecule has 0 fully saturated rings. The summed E-state index contributed by atoms with van der Waals surface area (Å²) in [6, 6.07) is 3.94. The Labute approximate surface area is 67.0 Å². The number of hydrogen-bond acceptors (Lipinski definition) is 2. The molecule has 1 heterocycles. The van der Waals surface area contributed by atoms with E-state index in [2.05, 4.69) is 16.9 Å². The van der Waals surface area contributed by atoms with E-state index in [1.807, 2.05) is 32.2 Å². The lowest BCUT2D eigenvalue weighted by Crippen LogP contribution is -1.94. The van der Waals surface area contributed by atoms with Crippen molar-refractivity contribution >= 4 is 11.9 Å². The minimum absolute atomic E-state index is 0.896. The first-order valence-electron chi connectivity index (χ1n) is 3.55. The minimum atomic E-state index is 0.896. The molecule has 58 valence electrons. The largest absolute Gasteiger partial charge is 0.373 e. The van der Waals surface area contributed by atoms with Gasteiger partial charge in [-0.2, -0.15) is 0 Å². The van der Waals surface area contributed by atoms with Crippen LogP contribution in [0, 0.1) is 6.92 Å². The monoisotopic (exact) mass is 148 g/mol. The standard InChI is InChI=1S/C9H12N2/c1-4-8-5-6-9(10-3)11-7(8)2/h4-6H,1H2,2-3H3,(H,10,11). The van der Waals surface area contributed by atoms with Crippen molar-refractivity contribution in [2.45, 2.75) is 6.92 Å². The molecular formula is C9H12N2. The molecule has 0 saturated heterocycles. The molecule has 0 aliphatic carbocycles. The second-order valence-electron chi connectivity index (χ2n) is 2.33. The third-order valence-corrected chi connectivity index (χ3v) is 1.60. The highest BCUT2D eigenvalue weighted by atomic mass is 15.0. The molecule has 0 atom stereocenters. The average Bonchev–Trinajstić information content (AvgIpc) is 2.04. The molecule has 0 aliphatic heterocycles. The maximum atomic E-state index is 4.28. The summed E-state index contributed by atoms with van der Waals surface area (Å²) in [5, 5.41) is 2.97. The summed E-state index contributed by atoms with van der Waals surface area (Å²) in [4.78, 5) is 4.28. The van der Waals surface area contributed by atoms with Crippen LogP contribution in [-0.4, -0.2) is 12.0 Å². The highest BCUT2D eigenvalue weighted by molar-refractivity contribution is 5.52. The van der Waals surface area contributed by atoms with Gasteiger partial charge in [0.05, 0.1) is 0 Å². The maximum absolute atomic E-state index is 4.28. The van der Waals surface area contributed by atoms with Crippen molar-refractivity contribution in [3.05, 3.63) is 30.0 Å². The molecule has 0 radical (unpaired) electrons. The number of aryl methyl sites for hydroxylation is 1. The van der Waals surface area contributed by atoms with Crippen LogP contribution in [0.2, 0.25) is 0 Å². The third kappa shape index (κ3) is 1.58. The zero-order valence-corrected chi connectivity index (χ0v) is 6.89. The van der Waals surface area contributed by atoms with Gasteiger partial charge in [0.15, 0.2) is 0 Å². The zero-order valence-electron chi connectivity index (χ0n) is 6.89. The van der Waals surface area contributed by atoms with E-state index in [9.17, 15) is 0 Å². The summed E-state index contributed by atoms with van der Waals surface area (Å²) < 4.78 is 0. The predicted octanol–water partition coefficient (Wildman–Crippen LogP) is 2.07. The van der Waals surface area contributed by atoms with Gasteiger partial charge in [0.25, 0.3) is 0 Å². The van der Waals surface area contributed by atoms with E-state index in [1.165, 1.54) is 0 Å². The molecule has 0 bridgehead atoms. The molecule has 0 saturated carbocycles. The Morgan fingerprint density at radius 1 is 1.55 bits per heavy atom. The van der Waals surface area contributed by atoms with E-state index in [0.717, 1.165) is 17.1 Å². The van der Waals surface area contributed by atoms with Gasteiger partial charge in [-0.05, 0) is 24.6 Å². The molecule has 1 aromatic heterocycles. The fourth-order valence-electron chi connectivity index (χ4n) is 0.927. The Morgan fingerprint density at radius 2 is 2.27 bits per heavy atom. The number of nitrogens with zero attached hydrogens (tertiary/aromatic N) is 1. The van der Waals surface area contributed by atoms with Gasteiger partial charge >= 0.3 is 0 Å². The van der Waals surface area contributed by atoms with Crippen molar-refractivity contribution < 1.29 is 0 Å². The van der Waals surface area contributed by atoms with E-state index in [1.54, 1.807) is 0 Å². The number of hydrogen-bond donors (Lipinski definition) is 1. The van der Waals surface area contributed by atoms with Gasteiger partial charge in [-0.25, -0.2) is 4.98 Å². The van der Waals surface area contributed by atoms with E-state index < -0.39 is 0 Å². The Morgan fingerprint density at radius 3 is 2.73 bits per heavy atom. The maximum Gasteiger partial charge on any atom is 0.125 e. The molecule has 0 unspecified atom stereocenters. The van der Waals surface area contributed by atoms with Crippen LogP contribution < -0.4 is 5.32 Å². The van der Waals surface area contributed by atoms with Crippen molar-refractivity contribution in [1.82, 2.24) is 4.98 Å². The Bertz CT molecular complexity index is 266. The third-order valence-electron chi connectivity index (χ3n) is 1.60. The highest BCUT2D eigenvalue weighted by Crippen LogP contribution is 2.10. The summed E-state index contributed by atoms with van der Waals surface area (Å²) in [5.74, 6) is 0.896. The van der Waals surface area contributed by atoms with Gasteiger partial charge < -0.3 is 5.32 Å².